The van der Waals surface area contributed by atoms with Gasteiger partial charge in [0.05, 0.1) is 13.2 Å². The lowest BCUT2D eigenvalue weighted by molar-refractivity contribution is -0.0310. The smallest absolute Gasteiger partial charge is 0.410 e. The van der Waals surface area contributed by atoms with E-state index in [-0.39, 0.29) is 19.0 Å². The Balaban J connectivity index is 1.60. The quantitative estimate of drug-likeness (QED) is 0.869. The predicted octanol–water partition coefficient (Wildman–Crippen LogP) is 3.54. The molecule has 120 valence electrons. The van der Waals surface area contributed by atoms with Gasteiger partial charge in [0.25, 0.3) is 0 Å². The predicted molar refractivity (Wildman–Crippen MR) is 83.3 cm³/mol. The van der Waals surface area contributed by atoms with E-state index in [0.717, 1.165) is 5.56 Å². The number of hydrogen-bond acceptors (Lipinski definition) is 3. The van der Waals surface area contributed by atoms with Crippen molar-refractivity contribution in [2.45, 2.75) is 12.7 Å². The van der Waals surface area contributed by atoms with Gasteiger partial charge in [0.2, 0.25) is 0 Å². The Bertz CT molecular complexity index is 662. The van der Waals surface area contributed by atoms with Gasteiger partial charge in [-0.1, -0.05) is 48.5 Å². The van der Waals surface area contributed by atoms with Crippen molar-refractivity contribution in [1.29, 1.82) is 0 Å². The molecule has 0 spiro atoms. The number of morpholine rings is 1. The molecule has 0 aromatic heterocycles. The molecule has 0 radical (unpaired) electrons. The lowest BCUT2D eigenvalue weighted by atomic mass is 10.1. The average Bonchev–Trinajstić information content (AvgIpc) is 2.61. The van der Waals surface area contributed by atoms with Crippen LogP contribution in [0.1, 0.15) is 17.2 Å². The van der Waals surface area contributed by atoms with Crippen LogP contribution in [-0.2, 0) is 16.1 Å². The Morgan fingerprint density at radius 3 is 2.70 bits per heavy atom. The maximum atomic E-state index is 13.9. The van der Waals surface area contributed by atoms with Crippen molar-refractivity contribution in [2.75, 3.05) is 19.7 Å². The van der Waals surface area contributed by atoms with Crippen LogP contribution in [0.5, 0.6) is 0 Å². The van der Waals surface area contributed by atoms with Crippen LogP contribution in [0, 0.1) is 5.82 Å². The molecular formula is C18H18FNO3. The first-order chi connectivity index (χ1) is 11.2. The number of nitrogens with zero attached hydrogens (tertiary/aromatic N) is 1. The normalized spacial score (nSPS) is 17.8. The van der Waals surface area contributed by atoms with Crippen molar-refractivity contribution < 1.29 is 18.7 Å². The lowest BCUT2D eigenvalue weighted by Gasteiger charge is -2.32. The molecule has 3 rings (SSSR count). The number of rotatable bonds is 3. The number of benzene rings is 2. The van der Waals surface area contributed by atoms with Crippen molar-refractivity contribution in [1.82, 2.24) is 4.90 Å². The number of ether oxygens (including phenoxy) is 2. The molecule has 1 unspecified atom stereocenters. The second-order valence-corrected chi connectivity index (χ2v) is 5.37. The molecule has 1 amide bonds. The third kappa shape index (κ3) is 3.87. The highest BCUT2D eigenvalue weighted by Gasteiger charge is 2.27. The van der Waals surface area contributed by atoms with Crippen LogP contribution < -0.4 is 0 Å². The summed E-state index contributed by atoms with van der Waals surface area (Å²) in [5, 5.41) is 0. The second-order valence-electron chi connectivity index (χ2n) is 5.37. The van der Waals surface area contributed by atoms with Gasteiger partial charge in [-0.2, -0.15) is 0 Å². The largest absolute Gasteiger partial charge is 0.445 e. The average molecular weight is 315 g/mol. The molecule has 23 heavy (non-hydrogen) atoms. The molecule has 2 aromatic rings. The Morgan fingerprint density at radius 2 is 1.91 bits per heavy atom. The van der Waals surface area contributed by atoms with Crippen LogP contribution in [0.4, 0.5) is 9.18 Å². The van der Waals surface area contributed by atoms with Crippen LogP contribution in [-0.4, -0.2) is 30.7 Å². The molecule has 0 bridgehead atoms. The monoisotopic (exact) mass is 315 g/mol. The summed E-state index contributed by atoms with van der Waals surface area (Å²) in [5.41, 5.74) is 1.40. The zero-order valence-electron chi connectivity index (χ0n) is 12.7. The SMILES string of the molecule is O=C(OCc1ccccc1)N1CCOC(c2ccccc2F)C1. The highest BCUT2D eigenvalue weighted by Crippen LogP contribution is 2.24. The summed E-state index contributed by atoms with van der Waals surface area (Å²) in [6.07, 6.45) is -0.868. The molecule has 0 aliphatic carbocycles. The van der Waals surface area contributed by atoms with Crippen molar-refractivity contribution >= 4 is 6.09 Å². The van der Waals surface area contributed by atoms with E-state index in [0.29, 0.717) is 18.7 Å². The first-order valence-electron chi connectivity index (χ1n) is 7.55. The Hall–Kier alpha value is -2.40. The van der Waals surface area contributed by atoms with Gasteiger partial charge in [-0.25, -0.2) is 9.18 Å². The fraction of sp³-hybridized carbons (Fsp3) is 0.278. The van der Waals surface area contributed by atoms with Gasteiger partial charge in [-0.3, -0.25) is 0 Å². The van der Waals surface area contributed by atoms with Crippen LogP contribution >= 0.6 is 0 Å². The molecule has 1 heterocycles. The maximum absolute atomic E-state index is 13.9. The van der Waals surface area contributed by atoms with Crippen LogP contribution in [0.15, 0.2) is 54.6 Å². The summed E-state index contributed by atoms with van der Waals surface area (Å²) in [7, 11) is 0. The van der Waals surface area contributed by atoms with Crippen LogP contribution in [0.25, 0.3) is 0 Å². The molecule has 1 atom stereocenters. The van der Waals surface area contributed by atoms with Crippen LogP contribution in [0.3, 0.4) is 0 Å². The summed E-state index contributed by atoms with van der Waals surface area (Å²) in [5.74, 6) is -0.322. The standard InChI is InChI=1S/C18H18FNO3/c19-16-9-5-4-8-15(16)17-12-20(10-11-22-17)18(21)23-13-14-6-2-1-3-7-14/h1-9,17H,10-13H2. The first-order valence-corrected chi connectivity index (χ1v) is 7.55. The zero-order chi connectivity index (χ0) is 16.1. The van der Waals surface area contributed by atoms with E-state index in [1.807, 2.05) is 30.3 Å². The van der Waals surface area contributed by atoms with Gasteiger partial charge in [-0.05, 0) is 11.6 Å². The van der Waals surface area contributed by atoms with Crippen molar-refractivity contribution in [3.05, 3.63) is 71.5 Å². The van der Waals surface area contributed by atoms with Gasteiger partial charge >= 0.3 is 6.09 Å². The van der Waals surface area contributed by atoms with Gasteiger partial charge in [-0.15, -0.1) is 0 Å². The molecule has 2 aromatic carbocycles. The number of amides is 1. The Labute approximate surface area is 134 Å². The number of hydrogen-bond donors (Lipinski definition) is 0. The summed E-state index contributed by atoms with van der Waals surface area (Å²) < 4.78 is 24.8. The maximum Gasteiger partial charge on any atom is 0.410 e. The van der Waals surface area contributed by atoms with E-state index < -0.39 is 12.2 Å². The fourth-order valence-corrected chi connectivity index (χ4v) is 2.55. The van der Waals surface area contributed by atoms with Gasteiger partial charge in [0, 0.05) is 12.1 Å². The Morgan fingerprint density at radius 1 is 1.17 bits per heavy atom. The number of carbonyl (C=O) groups is 1. The molecule has 1 saturated heterocycles. The summed E-state index contributed by atoms with van der Waals surface area (Å²) in [6, 6.07) is 16.0. The minimum absolute atomic E-state index is 0.224. The van der Waals surface area contributed by atoms with E-state index in [1.54, 1.807) is 23.1 Å². The van der Waals surface area contributed by atoms with Gasteiger partial charge in [0.15, 0.2) is 0 Å². The number of carbonyl (C=O) groups excluding carboxylic acids is 1. The zero-order valence-corrected chi connectivity index (χ0v) is 12.7. The van der Waals surface area contributed by atoms with E-state index in [9.17, 15) is 9.18 Å². The van der Waals surface area contributed by atoms with Gasteiger partial charge < -0.3 is 14.4 Å². The third-order valence-corrected chi connectivity index (χ3v) is 3.78. The fourth-order valence-electron chi connectivity index (χ4n) is 2.55. The summed E-state index contributed by atoms with van der Waals surface area (Å²) in [6.45, 7) is 1.31. The van der Waals surface area contributed by atoms with Crippen LogP contribution in [0.2, 0.25) is 0 Å². The van der Waals surface area contributed by atoms with E-state index in [1.165, 1.54) is 6.07 Å². The number of halogens is 1. The summed E-state index contributed by atoms with van der Waals surface area (Å²) in [4.78, 5) is 13.7. The Kier molecular flexibility index (Phi) is 4.88. The van der Waals surface area contributed by atoms with E-state index in [2.05, 4.69) is 0 Å². The molecule has 1 fully saturated rings. The molecule has 4 nitrogen and oxygen atoms in total. The molecule has 5 heteroatoms. The van der Waals surface area contributed by atoms with Gasteiger partial charge in [0.1, 0.15) is 18.5 Å². The molecule has 1 aliphatic heterocycles. The third-order valence-electron chi connectivity index (χ3n) is 3.78. The molecule has 1 aliphatic rings. The lowest BCUT2D eigenvalue weighted by Crippen LogP contribution is -2.42. The minimum Gasteiger partial charge on any atom is -0.445 e. The topological polar surface area (TPSA) is 38.8 Å². The van der Waals surface area contributed by atoms with E-state index in [4.69, 9.17) is 9.47 Å². The van der Waals surface area contributed by atoms with Crippen molar-refractivity contribution in [3.63, 3.8) is 0 Å². The summed E-state index contributed by atoms with van der Waals surface area (Å²) >= 11 is 0. The highest BCUT2D eigenvalue weighted by molar-refractivity contribution is 5.67. The second kappa shape index (κ2) is 7.24. The molecule has 0 N–H and O–H groups in total. The minimum atomic E-state index is -0.464. The molecule has 0 saturated carbocycles. The molecular weight excluding hydrogens is 297 g/mol. The first kappa shape index (κ1) is 15.5. The highest BCUT2D eigenvalue weighted by atomic mass is 19.1. The van der Waals surface area contributed by atoms with E-state index >= 15 is 0 Å². The van der Waals surface area contributed by atoms with Crippen molar-refractivity contribution in [3.8, 4) is 0 Å². The van der Waals surface area contributed by atoms with Crippen molar-refractivity contribution in [2.24, 2.45) is 0 Å².